The first-order chi connectivity index (χ1) is 7.27. The Morgan fingerprint density at radius 2 is 1.87 bits per heavy atom. The number of aryl methyl sites for hydroxylation is 2. The molecule has 2 aromatic carbocycles. The summed E-state index contributed by atoms with van der Waals surface area (Å²) in [5.41, 5.74) is 2.12. The summed E-state index contributed by atoms with van der Waals surface area (Å²) in [5, 5.41) is 2.40. The first-order valence-corrected chi connectivity index (χ1v) is 5.04. The zero-order valence-corrected chi connectivity index (χ0v) is 8.82. The molecule has 0 atom stereocenters. The summed E-state index contributed by atoms with van der Waals surface area (Å²) in [6.45, 7) is 1.98. The fourth-order valence-electron chi connectivity index (χ4n) is 1.99. The Kier molecular flexibility index (Phi) is 1.60. The van der Waals surface area contributed by atoms with E-state index < -0.39 is 0 Å². The van der Waals surface area contributed by atoms with Gasteiger partial charge in [0.2, 0.25) is 5.58 Å². The van der Waals surface area contributed by atoms with Gasteiger partial charge in [-0.3, -0.25) is 0 Å². The van der Waals surface area contributed by atoms with E-state index >= 15 is 0 Å². The molecule has 0 aliphatic carbocycles. The summed E-state index contributed by atoms with van der Waals surface area (Å²) in [7, 11) is 2.02. The third-order valence-electron chi connectivity index (χ3n) is 2.94. The minimum Gasteiger partial charge on any atom is -0.401 e. The fraction of sp³-hybridized carbons (Fsp3) is 0.154. The average molecular weight is 198 g/mol. The van der Waals surface area contributed by atoms with Crippen molar-refractivity contribution in [3.05, 3.63) is 42.3 Å². The third-order valence-corrected chi connectivity index (χ3v) is 2.94. The van der Waals surface area contributed by atoms with Gasteiger partial charge in [0.15, 0.2) is 0 Å². The molecule has 0 aliphatic heterocycles. The fourth-order valence-corrected chi connectivity index (χ4v) is 1.99. The highest BCUT2D eigenvalue weighted by atomic mass is 16.3. The van der Waals surface area contributed by atoms with Gasteiger partial charge in [-0.2, -0.15) is 4.57 Å². The lowest BCUT2D eigenvalue weighted by Crippen LogP contribution is -2.28. The molecule has 15 heavy (non-hydrogen) atoms. The molecule has 0 fully saturated rings. The molecule has 0 unspecified atom stereocenters. The molecular formula is C13H12NO+. The number of nitrogens with zero attached hydrogens (tertiary/aromatic N) is 1. The topological polar surface area (TPSA) is 17.0 Å². The minimum absolute atomic E-state index is 0.932. The van der Waals surface area contributed by atoms with Crippen LogP contribution in [0.25, 0.3) is 21.9 Å². The predicted molar refractivity (Wildman–Crippen MR) is 59.6 cm³/mol. The van der Waals surface area contributed by atoms with Crippen LogP contribution in [0, 0.1) is 6.92 Å². The molecule has 3 aromatic rings. The lowest BCUT2D eigenvalue weighted by atomic mass is 10.1. The molecule has 2 nitrogen and oxygen atoms in total. The van der Waals surface area contributed by atoms with Crippen molar-refractivity contribution in [2.24, 2.45) is 7.05 Å². The third kappa shape index (κ3) is 1.08. The SMILES string of the molecule is Cc1oc2c3ccccc3ccc2[n+]1C. The van der Waals surface area contributed by atoms with E-state index in [1.165, 1.54) is 10.8 Å². The second-order valence-corrected chi connectivity index (χ2v) is 3.82. The van der Waals surface area contributed by atoms with Gasteiger partial charge in [0.25, 0.3) is 5.52 Å². The minimum atomic E-state index is 0.932. The van der Waals surface area contributed by atoms with E-state index in [0.29, 0.717) is 0 Å². The number of hydrogen-bond acceptors (Lipinski definition) is 1. The summed E-state index contributed by atoms with van der Waals surface area (Å²) in [6, 6.07) is 12.5. The molecule has 1 heterocycles. The molecule has 0 aliphatic rings. The molecule has 0 saturated heterocycles. The van der Waals surface area contributed by atoms with Crippen LogP contribution in [-0.2, 0) is 7.05 Å². The van der Waals surface area contributed by atoms with Crippen LogP contribution in [0.15, 0.2) is 40.8 Å². The van der Waals surface area contributed by atoms with Crippen LogP contribution in [0.5, 0.6) is 0 Å². The number of oxazole rings is 1. The number of fused-ring (bicyclic) bond motifs is 3. The van der Waals surface area contributed by atoms with E-state index in [-0.39, 0.29) is 0 Å². The van der Waals surface area contributed by atoms with E-state index in [4.69, 9.17) is 4.42 Å². The predicted octanol–water partition coefficient (Wildman–Crippen LogP) is 2.72. The summed E-state index contributed by atoms with van der Waals surface area (Å²) in [5.74, 6) is 0.932. The molecule has 0 amide bonds. The highest BCUT2D eigenvalue weighted by Crippen LogP contribution is 2.24. The normalized spacial score (nSPS) is 11.3. The van der Waals surface area contributed by atoms with Gasteiger partial charge in [-0.15, -0.1) is 0 Å². The van der Waals surface area contributed by atoms with Crippen molar-refractivity contribution in [3.8, 4) is 0 Å². The van der Waals surface area contributed by atoms with Crippen molar-refractivity contribution in [2.75, 3.05) is 0 Å². The summed E-state index contributed by atoms with van der Waals surface area (Å²) < 4.78 is 7.85. The summed E-state index contributed by atoms with van der Waals surface area (Å²) in [6.07, 6.45) is 0. The first kappa shape index (κ1) is 8.48. The maximum Gasteiger partial charge on any atom is 0.344 e. The largest absolute Gasteiger partial charge is 0.401 e. The van der Waals surface area contributed by atoms with Crippen LogP contribution in [0.4, 0.5) is 0 Å². The molecule has 0 saturated carbocycles. The Morgan fingerprint density at radius 3 is 2.73 bits per heavy atom. The van der Waals surface area contributed by atoms with Gasteiger partial charge in [0.05, 0.1) is 6.92 Å². The first-order valence-electron chi connectivity index (χ1n) is 5.04. The molecular weight excluding hydrogens is 186 g/mol. The van der Waals surface area contributed by atoms with Gasteiger partial charge >= 0.3 is 5.89 Å². The molecule has 74 valence electrons. The van der Waals surface area contributed by atoms with E-state index in [2.05, 4.69) is 28.8 Å². The van der Waals surface area contributed by atoms with Crippen molar-refractivity contribution < 1.29 is 8.98 Å². The Morgan fingerprint density at radius 1 is 1.07 bits per heavy atom. The molecule has 0 spiro atoms. The van der Waals surface area contributed by atoms with Gasteiger partial charge in [-0.05, 0) is 11.5 Å². The van der Waals surface area contributed by atoms with E-state index in [9.17, 15) is 0 Å². The van der Waals surface area contributed by atoms with Crippen LogP contribution in [0.2, 0.25) is 0 Å². The molecule has 0 radical (unpaired) electrons. The van der Waals surface area contributed by atoms with Crippen molar-refractivity contribution >= 4 is 21.9 Å². The molecule has 0 bridgehead atoms. The van der Waals surface area contributed by atoms with Crippen LogP contribution in [0.1, 0.15) is 5.89 Å². The second kappa shape index (κ2) is 2.83. The summed E-state index contributed by atoms with van der Waals surface area (Å²) >= 11 is 0. The number of hydrogen-bond donors (Lipinski definition) is 0. The Balaban J connectivity index is 2.60. The second-order valence-electron chi connectivity index (χ2n) is 3.82. The van der Waals surface area contributed by atoms with Gasteiger partial charge in [-0.1, -0.05) is 24.3 Å². The van der Waals surface area contributed by atoms with E-state index in [0.717, 1.165) is 17.0 Å². The Labute approximate surface area is 87.7 Å². The van der Waals surface area contributed by atoms with Crippen LogP contribution in [-0.4, -0.2) is 0 Å². The number of benzene rings is 2. The van der Waals surface area contributed by atoms with Crippen molar-refractivity contribution in [3.63, 3.8) is 0 Å². The molecule has 2 heteroatoms. The smallest absolute Gasteiger partial charge is 0.344 e. The van der Waals surface area contributed by atoms with Gasteiger partial charge in [-0.25, -0.2) is 0 Å². The van der Waals surface area contributed by atoms with Crippen molar-refractivity contribution in [1.82, 2.24) is 0 Å². The Hall–Kier alpha value is -1.83. The monoisotopic (exact) mass is 198 g/mol. The Bertz CT molecular complexity index is 652. The highest BCUT2D eigenvalue weighted by molar-refractivity contribution is 6.01. The van der Waals surface area contributed by atoms with Gasteiger partial charge < -0.3 is 4.42 Å². The van der Waals surface area contributed by atoms with Crippen molar-refractivity contribution in [1.29, 1.82) is 0 Å². The maximum atomic E-state index is 5.77. The maximum absolute atomic E-state index is 5.77. The highest BCUT2D eigenvalue weighted by Gasteiger charge is 2.16. The zero-order chi connectivity index (χ0) is 10.4. The molecule has 1 aromatic heterocycles. The standard InChI is InChI=1S/C13H12NO/c1-9-14(2)12-8-7-10-5-3-4-6-11(10)13(12)15-9/h3-8H,1-2H3/q+1. The van der Waals surface area contributed by atoms with Crippen molar-refractivity contribution in [2.45, 2.75) is 6.92 Å². The average Bonchev–Trinajstić information content (AvgIpc) is 2.56. The number of rotatable bonds is 0. The summed E-state index contributed by atoms with van der Waals surface area (Å²) in [4.78, 5) is 0. The quantitative estimate of drug-likeness (QED) is 0.507. The van der Waals surface area contributed by atoms with Gasteiger partial charge in [0, 0.05) is 11.5 Å². The lowest BCUT2D eigenvalue weighted by molar-refractivity contribution is -0.657. The van der Waals surface area contributed by atoms with E-state index in [1.807, 2.05) is 26.1 Å². The lowest BCUT2D eigenvalue weighted by Gasteiger charge is -1.94. The number of aromatic nitrogens is 1. The van der Waals surface area contributed by atoms with Gasteiger partial charge in [0.1, 0.15) is 7.05 Å². The molecule has 0 N–H and O–H groups in total. The van der Waals surface area contributed by atoms with E-state index in [1.54, 1.807) is 0 Å². The van der Waals surface area contributed by atoms with Crippen LogP contribution in [0.3, 0.4) is 0 Å². The van der Waals surface area contributed by atoms with Crippen LogP contribution >= 0.6 is 0 Å². The van der Waals surface area contributed by atoms with Crippen LogP contribution < -0.4 is 4.57 Å². The molecule has 3 rings (SSSR count). The zero-order valence-electron chi connectivity index (χ0n) is 8.82.